The lowest BCUT2D eigenvalue weighted by Crippen LogP contribution is -2.33. The molecule has 0 aliphatic carbocycles. The molecule has 3 aromatic heterocycles. The molecule has 1 amide bonds. The lowest BCUT2D eigenvalue weighted by Gasteiger charge is -2.18. The van der Waals surface area contributed by atoms with Crippen LogP contribution in [0.3, 0.4) is 0 Å². The van der Waals surface area contributed by atoms with Crippen molar-refractivity contribution >= 4 is 55.0 Å². The normalized spacial score (nSPS) is 12.4. The second-order valence-electron chi connectivity index (χ2n) is 6.47. The van der Waals surface area contributed by atoms with Crippen molar-refractivity contribution in [3.63, 3.8) is 0 Å². The van der Waals surface area contributed by atoms with Crippen LogP contribution < -0.4 is 10.9 Å². The smallest absolute Gasteiger partial charge is 0.272 e. The molecule has 1 atom stereocenters. The second kappa shape index (κ2) is 7.33. The first-order valence-corrected chi connectivity index (χ1v) is 10.0. The summed E-state index contributed by atoms with van der Waals surface area (Å²) in [4.78, 5) is 35.5. The molecule has 6 nitrogen and oxygen atoms in total. The number of pyridine rings is 1. The molecule has 28 heavy (non-hydrogen) atoms. The highest BCUT2D eigenvalue weighted by Gasteiger charge is 2.23. The summed E-state index contributed by atoms with van der Waals surface area (Å²) >= 11 is 7.33. The van der Waals surface area contributed by atoms with E-state index in [0.717, 1.165) is 15.8 Å². The highest BCUT2D eigenvalue weighted by atomic mass is 35.5. The molecule has 0 aliphatic rings. The summed E-state index contributed by atoms with van der Waals surface area (Å²) in [5, 5.41) is 4.26. The average Bonchev–Trinajstić information content (AvgIpc) is 3.07. The molecule has 0 aliphatic heterocycles. The summed E-state index contributed by atoms with van der Waals surface area (Å²) in [6.07, 6.45) is 3.58. The maximum atomic E-state index is 13.1. The van der Waals surface area contributed by atoms with E-state index in [-0.39, 0.29) is 11.5 Å². The first kappa shape index (κ1) is 18.6. The SMILES string of the molecule is CCC(C(=O)Nc1cc(Cl)ccc1C)n1cnc2c(sc3ncccc32)c1=O. The lowest BCUT2D eigenvalue weighted by molar-refractivity contribution is -0.119. The fraction of sp³-hybridized carbons (Fsp3) is 0.200. The van der Waals surface area contributed by atoms with Crippen molar-refractivity contribution in [3.05, 3.63) is 63.8 Å². The van der Waals surface area contributed by atoms with Gasteiger partial charge in [0.2, 0.25) is 5.91 Å². The fourth-order valence-electron chi connectivity index (χ4n) is 3.16. The number of nitrogens with zero attached hydrogens (tertiary/aromatic N) is 3. The van der Waals surface area contributed by atoms with Crippen molar-refractivity contribution in [1.29, 1.82) is 0 Å². The van der Waals surface area contributed by atoms with Crippen molar-refractivity contribution in [2.45, 2.75) is 26.3 Å². The molecule has 0 saturated carbocycles. The maximum absolute atomic E-state index is 13.1. The number of hydrogen-bond donors (Lipinski definition) is 1. The number of carbonyl (C=O) groups excluding carboxylic acids is 1. The summed E-state index contributed by atoms with van der Waals surface area (Å²) < 4.78 is 1.90. The fourth-order valence-corrected chi connectivity index (χ4v) is 4.36. The lowest BCUT2D eigenvalue weighted by atomic mass is 10.1. The van der Waals surface area contributed by atoms with Gasteiger partial charge >= 0.3 is 0 Å². The number of aromatic nitrogens is 3. The Morgan fingerprint density at radius 1 is 1.32 bits per heavy atom. The molecule has 0 spiro atoms. The van der Waals surface area contributed by atoms with Crippen LogP contribution in [0.1, 0.15) is 24.9 Å². The molecular formula is C20H17ClN4O2S. The van der Waals surface area contributed by atoms with E-state index in [2.05, 4.69) is 15.3 Å². The van der Waals surface area contributed by atoms with E-state index >= 15 is 0 Å². The predicted octanol–water partition coefficient (Wildman–Crippen LogP) is 4.56. The van der Waals surface area contributed by atoms with E-state index in [9.17, 15) is 9.59 Å². The number of amides is 1. The van der Waals surface area contributed by atoms with Crippen LogP contribution in [0.5, 0.6) is 0 Å². The van der Waals surface area contributed by atoms with Crippen LogP contribution in [0.2, 0.25) is 5.02 Å². The molecule has 0 saturated heterocycles. The zero-order valence-corrected chi connectivity index (χ0v) is 16.8. The second-order valence-corrected chi connectivity index (χ2v) is 7.90. The predicted molar refractivity (Wildman–Crippen MR) is 113 cm³/mol. The number of thiophene rings is 1. The molecule has 4 aromatic rings. The molecule has 8 heteroatoms. The van der Waals surface area contributed by atoms with Crippen LogP contribution in [-0.2, 0) is 4.79 Å². The topological polar surface area (TPSA) is 76.9 Å². The minimum atomic E-state index is -0.680. The van der Waals surface area contributed by atoms with Gasteiger partial charge in [-0.25, -0.2) is 9.97 Å². The molecule has 0 radical (unpaired) electrons. The molecule has 1 N–H and O–H groups in total. The standard InChI is InChI=1S/C20H17ClN4O2S/c1-3-15(18(26)24-14-9-12(21)7-6-11(14)2)25-10-23-16-13-5-4-8-22-19(13)28-17(16)20(25)27/h4-10,15H,3H2,1-2H3,(H,24,26). The van der Waals surface area contributed by atoms with E-state index in [1.807, 2.05) is 32.0 Å². The Morgan fingerprint density at radius 3 is 2.93 bits per heavy atom. The summed E-state index contributed by atoms with van der Waals surface area (Å²) in [6, 6.07) is 8.33. The summed E-state index contributed by atoms with van der Waals surface area (Å²) in [5.41, 5.74) is 1.90. The van der Waals surface area contributed by atoms with E-state index in [0.29, 0.717) is 27.3 Å². The van der Waals surface area contributed by atoms with Crippen molar-refractivity contribution < 1.29 is 4.79 Å². The summed E-state index contributed by atoms with van der Waals surface area (Å²) in [7, 11) is 0. The third-order valence-electron chi connectivity index (χ3n) is 4.66. The van der Waals surface area contributed by atoms with Crippen molar-refractivity contribution in [2.75, 3.05) is 5.32 Å². The zero-order chi connectivity index (χ0) is 19.8. The number of anilines is 1. The number of benzene rings is 1. The number of nitrogens with one attached hydrogen (secondary N) is 1. The van der Waals surface area contributed by atoms with Crippen LogP contribution >= 0.6 is 22.9 Å². The number of hydrogen-bond acceptors (Lipinski definition) is 5. The van der Waals surface area contributed by atoms with Gasteiger partial charge in [-0.2, -0.15) is 0 Å². The molecule has 142 valence electrons. The van der Waals surface area contributed by atoms with Gasteiger partial charge in [-0.15, -0.1) is 11.3 Å². The van der Waals surface area contributed by atoms with E-state index < -0.39 is 6.04 Å². The zero-order valence-electron chi connectivity index (χ0n) is 15.3. The quantitative estimate of drug-likeness (QED) is 0.533. The van der Waals surface area contributed by atoms with E-state index in [1.54, 1.807) is 18.3 Å². The van der Waals surface area contributed by atoms with Gasteiger partial charge < -0.3 is 5.32 Å². The van der Waals surface area contributed by atoms with Gasteiger partial charge in [-0.1, -0.05) is 24.6 Å². The van der Waals surface area contributed by atoms with Gasteiger partial charge in [-0.05, 0) is 43.2 Å². The minimum Gasteiger partial charge on any atom is -0.324 e. The third kappa shape index (κ3) is 3.16. The monoisotopic (exact) mass is 412 g/mol. The molecule has 1 unspecified atom stereocenters. The Bertz CT molecular complexity index is 1260. The Labute approximate surface area is 169 Å². The number of aryl methyl sites for hydroxylation is 1. The minimum absolute atomic E-state index is 0.238. The number of halogens is 1. The van der Waals surface area contributed by atoms with Gasteiger partial charge in [0, 0.05) is 22.3 Å². The molecule has 1 aromatic carbocycles. The molecule has 0 fully saturated rings. The van der Waals surface area contributed by atoms with E-state index in [4.69, 9.17) is 11.6 Å². The van der Waals surface area contributed by atoms with E-state index in [1.165, 1.54) is 22.2 Å². The van der Waals surface area contributed by atoms with Crippen LogP contribution in [0.25, 0.3) is 20.4 Å². The Balaban J connectivity index is 1.75. The van der Waals surface area contributed by atoms with Crippen molar-refractivity contribution in [2.24, 2.45) is 0 Å². The van der Waals surface area contributed by atoms with Crippen molar-refractivity contribution in [1.82, 2.24) is 14.5 Å². The summed E-state index contributed by atoms with van der Waals surface area (Å²) in [5.74, 6) is -0.282. The molecule has 4 rings (SSSR count). The van der Waals surface area contributed by atoms with Gasteiger partial charge in [0.15, 0.2) is 0 Å². The number of carbonyl (C=O) groups is 1. The Kier molecular flexibility index (Phi) is 4.87. The highest BCUT2D eigenvalue weighted by Crippen LogP contribution is 2.29. The van der Waals surface area contributed by atoms with Crippen molar-refractivity contribution in [3.8, 4) is 0 Å². The van der Waals surface area contributed by atoms with Crippen LogP contribution in [-0.4, -0.2) is 20.4 Å². The van der Waals surface area contributed by atoms with Gasteiger partial charge in [-0.3, -0.25) is 14.2 Å². The van der Waals surface area contributed by atoms with Crippen LogP contribution in [0.15, 0.2) is 47.7 Å². The van der Waals surface area contributed by atoms with Gasteiger partial charge in [0.25, 0.3) is 5.56 Å². The van der Waals surface area contributed by atoms with Crippen LogP contribution in [0, 0.1) is 6.92 Å². The maximum Gasteiger partial charge on any atom is 0.272 e. The molecule has 3 heterocycles. The molecular weight excluding hydrogens is 396 g/mol. The molecule has 0 bridgehead atoms. The first-order chi connectivity index (χ1) is 13.5. The van der Waals surface area contributed by atoms with Crippen LogP contribution in [0.4, 0.5) is 5.69 Å². The Hall–Kier alpha value is -2.77. The van der Waals surface area contributed by atoms with Gasteiger partial charge in [0.1, 0.15) is 15.6 Å². The Morgan fingerprint density at radius 2 is 2.14 bits per heavy atom. The average molecular weight is 413 g/mol. The first-order valence-electron chi connectivity index (χ1n) is 8.81. The summed E-state index contributed by atoms with van der Waals surface area (Å²) in [6.45, 7) is 3.75. The van der Waals surface area contributed by atoms with Gasteiger partial charge in [0.05, 0.1) is 11.8 Å². The number of rotatable bonds is 4. The highest BCUT2D eigenvalue weighted by molar-refractivity contribution is 7.25. The largest absolute Gasteiger partial charge is 0.324 e. The number of fused-ring (bicyclic) bond motifs is 3. The third-order valence-corrected chi connectivity index (χ3v) is 5.99.